The number of halogens is 1. The van der Waals surface area contributed by atoms with Crippen LogP contribution in [0.25, 0.3) is 5.95 Å². The first-order valence-electron chi connectivity index (χ1n) is 5.43. The van der Waals surface area contributed by atoms with Crippen LogP contribution in [-0.2, 0) is 6.42 Å². The highest BCUT2D eigenvalue weighted by Crippen LogP contribution is 2.17. The third kappa shape index (κ3) is 2.37. The molecule has 2 heterocycles. The van der Waals surface area contributed by atoms with Crippen molar-refractivity contribution in [2.24, 2.45) is 5.73 Å². The second-order valence-corrected chi connectivity index (χ2v) is 4.70. The summed E-state index contributed by atoms with van der Waals surface area (Å²) in [6.45, 7) is 3.97. The minimum atomic E-state index is -0.150. The molecule has 0 unspecified atom stereocenters. The predicted octanol–water partition coefficient (Wildman–Crippen LogP) is 2.01. The van der Waals surface area contributed by atoms with Crippen LogP contribution in [0.5, 0.6) is 0 Å². The van der Waals surface area contributed by atoms with Gasteiger partial charge in [-0.2, -0.15) is 0 Å². The quantitative estimate of drug-likeness (QED) is 0.940. The number of hydrogen-bond donors (Lipinski definition) is 1. The van der Waals surface area contributed by atoms with Crippen LogP contribution in [-0.4, -0.2) is 19.5 Å². The Kier molecular flexibility index (Phi) is 3.54. The fourth-order valence-electron chi connectivity index (χ4n) is 1.63. The van der Waals surface area contributed by atoms with E-state index in [9.17, 15) is 0 Å². The Balaban J connectivity index is 2.55. The summed E-state index contributed by atoms with van der Waals surface area (Å²) in [5.41, 5.74) is 6.96. The first-order valence-corrected chi connectivity index (χ1v) is 6.22. The molecule has 0 radical (unpaired) electrons. The molecule has 0 saturated carbocycles. The maximum atomic E-state index is 5.90. The Morgan fingerprint density at radius 2 is 1.94 bits per heavy atom. The summed E-state index contributed by atoms with van der Waals surface area (Å²) in [5.74, 6) is 1.39. The smallest absolute Gasteiger partial charge is 0.235 e. The minimum absolute atomic E-state index is 0.150. The molecule has 1 atom stereocenters. The molecule has 6 heteroatoms. The second kappa shape index (κ2) is 4.93. The monoisotopic (exact) mass is 295 g/mol. The molecule has 2 aromatic heterocycles. The van der Waals surface area contributed by atoms with Crippen LogP contribution in [0.2, 0.25) is 0 Å². The summed E-state index contributed by atoms with van der Waals surface area (Å²) >= 11 is 3.32. The summed E-state index contributed by atoms with van der Waals surface area (Å²) in [6, 6.07) is -0.150. The van der Waals surface area contributed by atoms with Crippen LogP contribution in [0.3, 0.4) is 0 Å². The second-order valence-electron chi connectivity index (χ2n) is 3.79. The molecular formula is C11H14BrN5. The third-order valence-corrected chi connectivity index (χ3v) is 2.85. The van der Waals surface area contributed by atoms with Crippen LogP contribution in [0, 0.1) is 0 Å². The molecule has 5 nitrogen and oxygen atoms in total. The van der Waals surface area contributed by atoms with Gasteiger partial charge in [-0.3, -0.25) is 4.57 Å². The van der Waals surface area contributed by atoms with Crippen molar-refractivity contribution in [2.45, 2.75) is 26.3 Å². The lowest BCUT2D eigenvalue weighted by Gasteiger charge is -2.11. The van der Waals surface area contributed by atoms with Gasteiger partial charge >= 0.3 is 0 Å². The van der Waals surface area contributed by atoms with E-state index in [0.29, 0.717) is 5.95 Å². The Bertz CT molecular complexity index is 503. The Labute approximate surface area is 108 Å². The lowest BCUT2D eigenvalue weighted by atomic mass is 10.3. The first kappa shape index (κ1) is 12.2. The SMILES string of the molecule is CCc1cnc([C@H](C)N)n1-c1ncc(Br)cn1. The van der Waals surface area contributed by atoms with E-state index in [0.717, 1.165) is 22.4 Å². The van der Waals surface area contributed by atoms with Gasteiger partial charge in [-0.05, 0) is 29.3 Å². The van der Waals surface area contributed by atoms with Crippen LogP contribution in [0.1, 0.15) is 31.4 Å². The predicted molar refractivity (Wildman–Crippen MR) is 68.8 cm³/mol. The van der Waals surface area contributed by atoms with Gasteiger partial charge in [0, 0.05) is 24.3 Å². The van der Waals surface area contributed by atoms with Crippen molar-refractivity contribution >= 4 is 15.9 Å². The average Bonchev–Trinajstić information content (AvgIpc) is 2.73. The first-order chi connectivity index (χ1) is 8.13. The molecule has 17 heavy (non-hydrogen) atoms. The summed E-state index contributed by atoms with van der Waals surface area (Å²) in [4.78, 5) is 12.9. The number of aryl methyl sites for hydroxylation is 1. The summed E-state index contributed by atoms with van der Waals surface area (Å²) in [5, 5.41) is 0. The highest BCUT2D eigenvalue weighted by Gasteiger charge is 2.15. The number of rotatable bonds is 3. The molecule has 0 aliphatic heterocycles. The van der Waals surface area contributed by atoms with E-state index in [1.807, 2.05) is 17.7 Å². The molecule has 0 amide bonds. The van der Waals surface area contributed by atoms with Gasteiger partial charge in [0.05, 0.1) is 10.5 Å². The molecule has 0 aliphatic rings. The molecule has 0 aromatic carbocycles. The van der Waals surface area contributed by atoms with E-state index < -0.39 is 0 Å². The number of nitrogens with two attached hydrogens (primary N) is 1. The molecule has 90 valence electrons. The van der Waals surface area contributed by atoms with Crippen LogP contribution >= 0.6 is 15.9 Å². The van der Waals surface area contributed by atoms with Crippen LogP contribution in [0.15, 0.2) is 23.1 Å². The molecule has 2 aromatic rings. The van der Waals surface area contributed by atoms with Crippen molar-refractivity contribution in [2.75, 3.05) is 0 Å². The number of hydrogen-bond acceptors (Lipinski definition) is 4. The molecule has 0 spiro atoms. The Morgan fingerprint density at radius 3 is 2.47 bits per heavy atom. The van der Waals surface area contributed by atoms with E-state index in [1.165, 1.54) is 0 Å². The van der Waals surface area contributed by atoms with Crippen molar-refractivity contribution in [1.82, 2.24) is 19.5 Å². The zero-order valence-corrected chi connectivity index (χ0v) is 11.3. The molecule has 2 rings (SSSR count). The number of imidazole rings is 1. The van der Waals surface area contributed by atoms with E-state index in [-0.39, 0.29) is 6.04 Å². The van der Waals surface area contributed by atoms with Gasteiger partial charge in [-0.1, -0.05) is 6.92 Å². The van der Waals surface area contributed by atoms with Gasteiger partial charge in [0.25, 0.3) is 0 Å². The molecule has 0 fully saturated rings. The van der Waals surface area contributed by atoms with Crippen molar-refractivity contribution in [3.63, 3.8) is 0 Å². The highest BCUT2D eigenvalue weighted by molar-refractivity contribution is 9.10. The average molecular weight is 296 g/mol. The molecule has 0 saturated heterocycles. The van der Waals surface area contributed by atoms with Gasteiger partial charge in [-0.15, -0.1) is 0 Å². The fourth-order valence-corrected chi connectivity index (χ4v) is 1.83. The highest BCUT2D eigenvalue weighted by atomic mass is 79.9. The number of nitrogens with zero attached hydrogens (tertiary/aromatic N) is 4. The largest absolute Gasteiger partial charge is 0.322 e. The Morgan fingerprint density at radius 1 is 1.29 bits per heavy atom. The lowest BCUT2D eigenvalue weighted by molar-refractivity contribution is 0.693. The maximum Gasteiger partial charge on any atom is 0.235 e. The summed E-state index contributed by atoms with van der Waals surface area (Å²) in [7, 11) is 0. The fraction of sp³-hybridized carbons (Fsp3) is 0.364. The topological polar surface area (TPSA) is 69.6 Å². The van der Waals surface area contributed by atoms with Crippen molar-refractivity contribution in [3.05, 3.63) is 34.6 Å². The molecule has 0 bridgehead atoms. The van der Waals surface area contributed by atoms with Crippen molar-refractivity contribution < 1.29 is 0 Å². The molecular weight excluding hydrogens is 282 g/mol. The van der Waals surface area contributed by atoms with E-state index in [2.05, 4.69) is 37.8 Å². The lowest BCUT2D eigenvalue weighted by Crippen LogP contribution is -2.15. The normalized spacial score (nSPS) is 12.7. The molecule has 0 aliphatic carbocycles. The van der Waals surface area contributed by atoms with E-state index >= 15 is 0 Å². The zero-order chi connectivity index (χ0) is 12.4. The van der Waals surface area contributed by atoms with Gasteiger partial charge in [0.1, 0.15) is 5.82 Å². The standard InChI is InChI=1S/C11H14BrN5/c1-3-9-6-14-10(7(2)13)17(9)11-15-4-8(12)5-16-11/h4-7H,3,13H2,1-2H3/t7-/m0/s1. The minimum Gasteiger partial charge on any atom is -0.322 e. The van der Waals surface area contributed by atoms with E-state index in [1.54, 1.807) is 12.4 Å². The Hall–Kier alpha value is -1.27. The molecule has 2 N–H and O–H groups in total. The van der Waals surface area contributed by atoms with Gasteiger partial charge < -0.3 is 5.73 Å². The summed E-state index contributed by atoms with van der Waals surface area (Å²) < 4.78 is 2.76. The van der Waals surface area contributed by atoms with Gasteiger partial charge in [-0.25, -0.2) is 15.0 Å². The van der Waals surface area contributed by atoms with Gasteiger partial charge in [0.15, 0.2) is 0 Å². The summed E-state index contributed by atoms with van der Waals surface area (Å²) in [6.07, 6.45) is 6.11. The van der Waals surface area contributed by atoms with Crippen LogP contribution < -0.4 is 5.73 Å². The number of aromatic nitrogens is 4. The van der Waals surface area contributed by atoms with E-state index in [4.69, 9.17) is 5.73 Å². The van der Waals surface area contributed by atoms with Crippen molar-refractivity contribution in [3.8, 4) is 5.95 Å². The maximum absolute atomic E-state index is 5.90. The van der Waals surface area contributed by atoms with Crippen molar-refractivity contribution in [1.29, 1.82) is 0 Å². The third-order valence-electron chi connectivity index (χ3n) is 2.44. The van der Waals surface area contributed by atoms with Gasteiger partial charge in [0.2, 0.25) is 5.95 Å². The van der Waals surface area contributed by atoms with Crippen LogP contribution in [0.4, 0.5) is 0 Å². The zero-order valence-electron chi connectivity index (χ0n) is 9.76.